The number of piperazine rings is 1. The summed E-state index contributed by atoms with van der Waals surface area (Å²) in [5, 5.41) is 5.38. The minimum Gasteiger partial charge on any atom is -0.444 e. The summed E-state index contributed by atoms with van der Waals surface area (Å²) < 4.78 is 86.4. The molecule has 3 saturated heterocycles. The number of pyridine rings is 1. The lowest BCUT2D eigenvalue weighted by Gasteiger charge is -2.42. The Morgan fingerprint density at radius 1 is 1.04 bits per heavy atom. The van der Waals surface area contributed by atoms with Gasteiger partial charge in [0.2, 0.25) is 9.84 Å². The summed E-state index contributed by atoms with van der Waals surface area (Å²) in [7, 11) is -2.29. The molecule has 13 nitrogen and oxygen atoms in total. The zero-order valence-corrected chi connectivity index (χ0v) is 31.2. The molecule has 3 aliphatic heterocycles. The molecule has 17 heteroatoms. The van der Waals surface area contributed by atoms with Crippen LogP contribution in [-0.2, 0) is 32.5 Å². The van der Waals surface area contributed by atoms with E-state index in [1.165, 1.54) is 25.4 Å². The monoisotopic (exact) mass is 754 g/mol. The highest BCUT2D eigenvalue weighted by atomic mass is 32.2. The maximum atomic E-state index is 15.1. The summed E-state index contributed by atoms with van der Waals surface area (Å²) >= 11 is 0. The number of halogens is 3. The number of anilines is 1. The Morgan fingerprint density at radius 3 is 2.38 bits per heavy atom. The molecule has 5 aromatic rings. The number of hydrogen-bond donors (Lipinski definition) is 0. The standard InChI is InChI=1S/C36H41F3N8O5S/c1-19-15-24-23(16-41-47(24)25-9-7-8-14-51-25)26(28(19)36(37,38)39)29-30-22(12-13-40-29)27-31(44(30)5)42-33(53(6,49)50)43-32(27)45-17-20-10-11-21(18-45)46(20)34(48)52-35(2,3)4/h12-13,15-16,20-21,25H,7-11,14,17-18H2,1-6H3/t20-,21+,25?. The van der Waals surface area contributed by atoms with Crippen molar-refractivity contribution in [3.63, 3.8) is 0 Å². The Labute approximate surface area is 304 Å². The van der Waals surface area contributed by atoms with Gasteiger partial charge in [0.05, 0.1) is 46.0 Å². The number of hydrogen-bond acceptors (Lipinski definition) is 10. The predicted molar refractivity (Wildman–Crippen MR) is 191 cm³/mol. The third-order valence-electron chi connectivity index (χ3n) is 10.5. The van der Waals surface area contributed by atoms with Crippen LogP contribution in [0.2, 0.25) is 0 Å². The van der Waals surface area contributed by atoms with Gasteiger partial charge in [0, 0.05) is 55.5 Å². The van der Waals surface area contributed by atoms with Gasteiger partial charge in [-0.2, -0.15) is 23.3 Å². The lowest BCUT2D eigenvalue weighted by atomic mass is 9.94. The van der Waals surface area contributed by atoms with E-state index in [9.17, 15) is 13.2 Å². The molecule has 53 heavy (non-hydrogen) atoms. The molecular formula is C36H41F3N8O5S. The molecule has 0 aliphatic carbocycles. The molecule has 3 atom stereocenters. The van der Waals surface area contributed by atoms with Crippen molar-refractivity contribution >= 4 is 54.6 Å². The van der Waals surface area contributed by atoms with Crippen molar-refractivity contribution < 1.29 is 35.9 Å². The van der Waals surface area contributed by atoms with Crippen molar-refractivity contribution in [2.75, 3.05) is 30.9 Å². The summed E-state index contributed by atoms with van der Waals surface area (Å²) in [6, 6.07) is 2.75. The summed E-state index contributed by atoms with van der Waals surface area (Å²) in [6.45, 7) is 8.09. The average molecular weight is 755 g/mol. The van der Waals surface area contributed by atoms with Gasteiger partial charge in [-0.1, -0.05) is 0 Å². The molecule has 0 radical (unpaired) electrons. The van der Waals surface area contributed by atoms with Crippen molar-refractivity contribution in [3.05, 3.63) is 35.7 Å². The fraction of sp³-hybridized carbons (Fsp3) is 0.528. The van der Waals surface area contributed by atoms with Crippen LogP contribution in [0.15, 0.2) is 29.7 Å². The highest BCUT2D eigenvalue weighted by Crippen LogP contribution is 2.47. The number of carbonyl (C=O) groups excluding carboxylic acids is 1. The first-order chi connectivity index (χ1) is 24.9. The molecule has 282 valence electrons. The SMILES string of the molecule is Cc1cc2c(cnn2C2CCCCO2)c(-c2nccc3c4c(N5C[C@H]6CC[C@@H](C5)N6C(=O)OC(C)(C)C)nc(S(C)(=O)=O)nc4n(C)c23)c1C(F)(F)F. The van der Waals surface area contributed by atoms with E-state index < -0.39 is 44.7 Å². The smallest absolute Gasteiger partial charge is 0.417 e. The number of alkyl halides is 3. The number of aryl methyl sites for hydroxylation is 2. The number of benzene rings is 1. The lowest BCUT2D eigenvalue weighted by Crippen LogP contribution is -2.57. The maximum Gasteiger partial charge on any atom is 0.417 e. The van der Waals surface area contributed by atoms with Gasteiger partial charge in [0.1, 0.15) is 17.1 Å². The lowest BCUT2D eigenvalue weighted by molar-refractivity contribution is -0.137. The summed E-state index contributed by atoms with van der Waals surface area (Å²) in [4.78, 5) is 30.7. The molecule has 1 amide bonds. The van der Waals surface area contributed by atoms with Crippen LogP contribution in [0.1, 0.15) is 70.2 Å². The molecule has 0 N–H and O–H groups in total. The second-order valence-corrected chi connectivity index (χ2v) is 17.3. The molecule has 2 bridgehead atoms. The summed E-state index contributed by atoms with van der Waals surface area (Å²) in [6.07, 6.45) is 2.29. The van der Waals surface area contributed by atoms with Crippen molar-refractivity contribution in [2.24, 2.45) is 7.05 Å². The first-order valence-corrected chi connectivity index (χ1v) is 19.6. The summed E-state index contributed by atoms with van der Waals surface area (Å²) in [5.41, 5.74) is -0.534. The second kappa shape index (κ2) is 12.3. The maximum absolute atomic E-state index is 15.1. The Balaban J connectivity index is 1.35. The van der Waals surface area contributed by atoms with Gasteiger partial charge >= 0.3 is 12.3 Å². The number of sulfone groups is 1. The topological polar surface area (TPSA) is 138 Å². The van der Waals surface area contributed by atoms with E-state index in [4.69, 9.17) is 9.47 Å². The van der Waals surface area contributed by atoms with Crippen LogP contribution in [0.3, 0.4) is 0 Å². The molecule has 3 aliphatic rings. The quantitative estimate of drug-likeness (QED) is 0.186. The zero-order chi connectivity index (χ0) is 37.8. The molecule has 3 fully saturated rings. The van der Waals surface area contributed by atoms with E-state index in [2.05, 4.69) is 20.1 Å². The van der Waals surface area contributed by atoms with E-state index in [1.54, 1.807) is 27.3 Å². The average Bonchev–Trinajstić information content (AvgIpc) is 3.71. The van der Waals surface area contributed by atoms with Crippen molar-refractivity contribution in [1.29, 1.82) is 0 Å². The molecule has 0 saturated carbocycles. The van der Waals surface area contributed by atoms with E-state index in [0.717, 1.165) is 31.9 Å². The van der Waals surface area contributed by atoms with E-state index in [0.29, 0.717) is 53.7 Å². The van der Waals surface area contributed by atoms with Gasteiger partial charge in [0.15, 0.2) is 6.23 Å². The third-order valence-corrected chi connectivity index (χ3v) is 11.3. The number of carbonyl (C=O) groups is 1. The van der Waals surface area contributed by atoms with Crippen LogP contribution in [0.5, 0.6) is 0 Å². The summed E-state index contributed by atoms with van der Waals surface area (Å²) in [5.74, 6) is 0.326. The minimum absolute atomic E-state index is 0.00769. The van der Waals surface area contributed by atoms with Crippen molar-refractivity contribution in [3.8, 4) is 11.3 Å². The number of rotatable bonds is 4. The molecule has 0 spiro atoms. The van der Waals surface area contributed by atoms with Crippen LogP contribution in [0.25, 0.3) is 44.1 Å². The third kappa shape index (κ3) is 5.95. The molecular weight excluding hydrogens is 714 g/mol. The Morgan fingerprint density at radius 2 is 1.75 bits per heavy atom. The number of amides is 1. The van der Waals surface area contributed by atoms with Crippen LogP contribution >= 0.6 is 0 Å². The van der Waals surface area contributed by atoms with E-state index >= 15 is 13.2 Å². The number of aromatic nitrogens is 6. The normalized spacial score (nSPS) is 21.3. The van der Waals surface area contributed by atoms with Crippen molar-refractivity contribution in [2.45, 2.75) is 95.0 Å². The second-order valence-electron chi connectivity index (χ2n) is 15.4. The number of fused-ring (bicyclic) bond motifs is 6. The highest BCUT2D eigenvalue weighted by Gasteiger charge is 2.46. The largest absolute Gasteiger partial charge is 0.444 e. The van der Waals surface area contributed by atoms with Gasteiger partial charge < -0.3 is 18.9 Å². The Kier molecular flexibility index (Phi) is 8.22. The fourth-order valence-electron chi connectivity index (χ4n) is 8.34. The van der Waals surface area contributed by atoms with Crippen LogP contribution in [0, 0.1) is 6.92 Å². The Hall–Kier alpha value is -4.51. The highest BCUT2D eigenvalue weighted by molar-refractivity contribution is 7.90. The van der Waals surface area contributed by atoms with Crippen molar-refractivity contribution in [1.82, 2.24) is 34.2 Å². The van der Waals surface area contributed by atoms with Crippen LogP contribution in [-0.4, -0.2) is 92.3 Å². The molecule has 1 aromatic carbocycles. The van der Waals surface area contributed by atoms with Gasteiger partial charge in [-0.15, -0.1) is 0 Å². The molecule has 7 heterocycles. The first kappa shape index (κ1) is 35.5. The molecule has 4 aromatic heterocycles. The predicted octanol–water partition coefficient (Wildman–Crippen LogP) is 6.55. The zero-order valence-electron chi connectivity index (χ0n) is 30.4. The van der Waals surface area contributed by atoms with Gasteiger partial charge in [0.25, 0.3) is 5.16 Å². The minimum atomic E-state index is -4.74. The van der Waals surface area contributed by atoms with Crippen LogP contribution in [0.4, 0.5) is 23.8 Å². The molecule has 8 rings (SSSR count). The first-order valence-electron chi connectivity index (χ1n) is 17.7. The number of nitrogens with zero attached hydrogens (tertiary/aromatic N) is 8. The van der Waals surface area contributed by atoms with Gasteiger partial charge in [-0.3, -0.25) is 9.88 Å². The van der Waals surface area contributed by atoms with E-state index in [1.807, 2.05) is 25.7 Å². The number of ether oxygens (including phenoxy) is 2. The molecule has 1 unspecified atom stereocenters. The fourth-order valence-corrected chi connectivity index (χ4v) is 8.85. The Bertz CT molecular complexity index is 2400. The van der Waals surface area contributed by atoms with Gasteiger partial charge in [-0.25, -0.2) is 22.9 Å². The van der Waals surface area contributed by atoms with Gasteiger partial charge in [-0.05, 0) is 77.5 Å². The van der Waals surface area contributed by atoms with Crippen LogP contribution < -0.4 is 4.90 Å². The van der Waals surface area contributed by atoms with E-state index in [-0.39, 0.29) is 39.9 Å².